The Hall–Kier alpha value is -3.86. The minimum atomic E-state index is -4.79. The number of unbranched alkanes of at least 4 members (excludes halogenated alkanes) is 7. The highest BCUT2D eigenvalue weighted by atomic mass is 31.2. The lowest BCUT2D eigenvalue weighted by atomic mass is 10.1. The van der Waals surface area contributed by atoms with Gasteiger partial charge in [0.1, 0.15) is 12.7 Å². The summed E-state index contributed by atoms with van der Waals surface area (Å²) in [5.74, 6) is -2.50. The molecule has 0 rings (SSSR count). The average molecular weight is 858 g/mol. The largest absolute Gasteiger partial charge is 0.480 e. The summed E-state index contributed by atoms with van der Waals surface area (Å²) in [6.07, 6.45) is 54.0. The number of allylic oxidation sites excluding steroid dienone is 18. The van der Waals surface area contributed by atoms with E-state index in [4.69, 9.17) is 13.8 Å². The number of phosphoric acid groups is 1. The number of aliphatic carboxylic acids is 1. The number of carboxylic acid groups (broad SMARTS) is 1. The van der Waals surface area contributed by atoms with Crippen LogP contribution in [0.3, 0.4) is 0 Å². The molecule has 3 atom stereocenters. The Bertz CT molecular complexity index is 1430. The first-order valence-corrected chi connectivity index (χ1v) is 23.4. The highest BCUT2D eigenvalue weighted by Crippen LogP contribution is 2.43. The normalized spacial score (nSPS) is 14.7. The van der Waals surface area contributed by atoms with Crippen molar-refractivity contribution >= 4 is 25.7 Å². The first-order valence-electron chi connectivity index (χ1n) is 21.9. The van der Waals surface area contributed by atoms with Crippen LogP contribution in [0.15, 0.2) is 109 Å². The molecule has 4 N–H and O–H groups in total. The topological polar surface area (TPSA) is 169 Å². The third kappa shape index (κ3) is 40.9. The number of phosphoric ester groups is 1. The van der Waals surface area contributed by atoms with Crippen LogP contribution in [-0.4, -0.2) is 64.9 Å². The van der Waals surface area contributed by atoms with E-state index in [2.05, 4.69) is 116 Å². The molecule has 1 amide bonds. The Morgan fingerprint density at radius 1 is 0.550 bits per heavy atom. The van der Waals surface area contributed by atoms with Gasteiger partial charge in [0, 0.05) is 12.8 Å². The molecule has 0 bridgehead atoms. The number of carbonyl (C=O) groups is 3. The first kappa shape index (κ1) is 56.1. The van der Waals surface area contributed by atoms with Crippen LogP contribution in [0.5, 0.6) is 0 Å². The number of rotatable bonds is 39. The zero-order valence-corrected chi connectivity index (χ0v) is 37.4. The van der Waals surface area contributed by atoms with Gasteiger partial charge >= 0.3 is 19.8 Å². The molecule has 0 aromatic heterocycles. The molecule has 0 fully saturated rings. The fourth-order valence-electron chi connectivity index (χ4n) is 5.16. The molecule has 12 heteroatoms. The van der Waals surface area contributed by atoms with Crippen LogP contribution < -0.4 is 5.32 Å². The van der Waals surface area contributed by atoms with Crippen molar-refractivity contribution in [2.24, 2.45) is 0 Å². The van der Waals surface area contributed by atoms with E-state index < -0.39 is 57.6 Å². The van der Waals surface area contributed by atoms with Crippen LogP contribution in [0.25, 0.3) is 0 Å². The number of nitrogens with one attached hydrogen (secondary N) is 1. The zero-order chi connectivity index (χ0) is 44.2. The number of amides is 1. The highest BCUT2D eigenvalue weighted by molar-refractivity contribution is 7.47. The molecule has 0 aliphatic heterocycles. The maximum atomic E-state index is 12.3. The van der Waals surface area contributed by atoms with E-state index in [-0.39, 0.29) is 12.8 Å². The number of carboxylic acids is 1. The van der Waals surface area contributed by atoms with E-state index in [0.29, 0.717) is 19.3 Å². The molecule has 3 unspecified atom stereocenters. The van der Waals surface area contributed by atoms with E-state index in [9.17, 15) is 34.1 Å². The second kappa shape index (κ2) is 41.9. The number of ether oxygens (including phenoxy) is 1. The molecule has 0 aromatic rings. The molecule has 0 aliphatic carbocycles. The van der Waals surface area contributed by atoms with Crippen LogP contribution in [-0.2, 0) is 32.7 Å². The lowest BCUT2D eigenvalue weighted by Gasteiger charge is -2.18. The molecular weight excluding hydrogens is 781 g/mol. The molecule has 0 saturated heterocycles. The maximum absolute atomic E-state index is 12.3. The van der Waals surface area contributed by atoms with Crippen molar-refractivity contribution in [3.8, 4) is 0 Å². The first-order chi connectivity index (χ1) is 29.1. The van der Waals surface area contributed by atoms with Gasteiger partial charge in [-0.15, -0.1) is 0 Å². The predicted molar refractivity (Wildman–Crippen MR) is 244 cm³/mol. The van der Waals surface area contributed by atoms with E-state index >= 15 is 0 Å². The smallest absolute Gasteiger partial charge is 0.472 e. The second-order valence-electron chi connectivity index (χ2n) is 14.1. The van der Waals surface area contributed by atoms with Crippen LogP contribution in [0, 0.1) is 0 Å². The van der Waals surface area contributed by atoms with Crippen molar-refractivity contribution < 1.29 is 47.8 Å². The molecule has 0 saturated carbocycles. The fourth-order valence-corrected chi connectivity index (χ4v) is 5.93. The van der Waals surface area contributed by atoms with Crippen LogP contribution in [0.1, 0.15) is 142 Å². The summed E-state index contributed by atoms with van der Waals surface area (Å²) in [6, 6.07) is -1.59. The Morgan fingerprint density at radius 2 is 0.983 bits per heavy atom. The van der Waals surface area contributed by atoms with Gasteiger partial charge in [-0.2, -0.15) is 0 Å². The van der Waals surface area contributed by atoms with Crippen LogP contribution >= 0.6 is 7.82 Å². The Kier molecular flexibility index (Phi) is 39.2. The van der Waals surface area contributed by atoms with Crippen molar-refractivity contribution in [1.29, 1.82) is 0 Å². The van der Waals surface area contributed by atoms with Gasteiger partial charge in [-0.25, -0.2) is 9.36 Å². The van der Waals surface area contributed by atoms with E-state index in [0.717, 1.165) is 77.0 Å². The van der Waals surface area contributed by atoms with E-state index in [1.165, 1.54) is 19.3 Å². The number of aliphatic hydroxyl groups is 1. The standard InChI is InChI=1S/C48H76NO10P/c1-3-5-7-9-11-13-15-17-19-21-22-24-26-28-30-32-34-36-38-40-47(52)57-41-44(50)42-58-60(55,56)59-43-45(48(53)54)49-46(51)39-37-35-33-31-29-27-25-23-20-18-16-14-12-10-8-6-4-2/h5,7,11-14,17-20,22,24-25,27-28,30-31,33,44-45,50H,3-4,6,8-10,15-16,21,23,26,29,32,34-43H2,1-2H3,(H,49,51)(H,53,54)(H,55,56)/b7-5-,13-11-,14-12-,19-17-,20-18-,24-22-,27-25-,30-28-,33-31-. The molecule has 0 spiro atoms. The average Bonchev–Trinajstić information content (AvgIpc) is 3.22. The molecule has 0 aromatic carbocycles. The monoisotopic (exact) mass is 858 g/mol. The number of hydrogen-bond acceptors (Lipinski definition) is 8. The maximum Gasteiger partial charge on any atom is 0.472 e. The van der Waals surface area contributed by atoms with Crippen LogP contribution in [0.4, 0.5) is 0 Å². The van der Waals surface area contributed by atoms with Gasteiger partial charge in [0.25, 0.3) is 0 Å². The van der Waals surface area contributed by atoms with Crippen LogP contribution in [0.2, 0.25) is 0 Å². The minimum absolute atomic E-state index is 0.0606. The molecule has 11 nitrogen and oxygen atoms in total. The predicted octanol–water partition coefficient (Wildman–Crippen LogP) is 11.4. The van der Waals surface area contributed by atoms with Gasteiger partial charge < -0.3 is 25.2 Å². The summed E-state index contributed by atoms with van der Waals surface area (Å²) < 4.78 is 26.8. The number of aliphatic hydroxyl groups excluding tert-OH is 1. The second-order valence-corrected chi connectivity index (χ2v) is 15.6. The van der Waals surface area contributed by atoms with Gasteiger partial charge in [0.15, 0.2) is 6.04 Å². The molecule has 338 valence electrons. The fraction of sp³-hybridized carbons (Fsp3) is 0.562. The third-order valence-corrected chi connectivity index (χ3v) is 9.50. The minimum Gasteiger partial charge on any atom is -0.480 e. The quantitative estimate of drug-likeness (QED) is 0.0202. The highest BCUT2D eigenvalue weighted by Gasteiger charge is 2.28. The summed E-state index contributed by atoms with van der Waals surface area (Å²) in [5.41, 5.74) is 0. The molecular formula is C48H76NO10P. The van der Waals surface area contributed by atoms with Crippen molar-refractivity contribution in [3.05, 3.63) is 109 Å². The van der Waals surface area contributed by atoms with E-state index in [1.54, 1.807) is 0 Å². The van der Waals surface area contributed by atoms with Gasteiger partial charge in [-0.3, -0.25) is 18.6 Å². The third-order valence-electron chi connectivity index (χ3n) is 8.55. The number of esters is 1. The molecule has 0 heterocycles. The van der Waals surface area contributed by atoms with Crippen molar-refractivity contribution in [3.63, 3.8) is 0 Å². The zero-order valence-electron chi connectivity index (χ0n) is 36.5. The van der Waals surface area contributed by atoms with Gasteiger partial charge in [-0.1, -0.05) is 142 Å². The van der Waals surface area contributed by atoms with Gasteiger partial charge in [0.2, 0.25) is 5.91 Å². The summed E-state index contributed by atoms with van der Waals surface area (Å²) in [4.78, 5) is 45.9. The van der Waals surface area contributed by atoms with Crippen molar-refractivity contribution in [2.45, 2.75) is 154 Å². The Balaban J connectivity index is 4.06. The lowest BCUT2D eigenvalue weighted by Crippen LogP contribution is -2.43. The SMILES string of the molecule is CC/C=C\C/C=C\C/C=C\C/C=C\C/C=C\CCCCCC(=O)OCC(O)COP(=O)(O)OCC(NC(=O)CCC/C=C\C/C=C\C/C=C\C/C=C\CCCCC)C(=O)O. The van der Waals surface area contributed by atoms with Gasteiger partial charge in [0.05, 0.1) is 13.2 Å². The molecule has 0 aliphatic rings. The molecule has 60 heavy (non-hydrogen) atoms. The summed E-state index contributed by atoms with van der Waals surface area (Å²) in [7, 11) is -4.79. The van der Waals surface area contributed by atoms with Gasteiger partial charge in [-0.05, 0) is 96.3 Å². The van der Waals surface area contributed by atoms with Crippen molar-refractivity contribution in [1.82, 2.24) is 5.32 Å². The summed E-state index contributed by atoms with van der Waals surface area (Å²) >= 11 is 0. The van der Waals surface area contributed by atoms with Crippen molar-refractivity contribution in [2.75, 3.05) is 19.8 Å². The number of hydrogen-bond donors (Lipinski definition) is 4. The lowest BCUT2D eigenvalue weighted by molar-refractivity contribution is -0.147. The number of carbonyl (C=O) groups excluding carboxylic acids is 2. The van der Waals surface area contributed by atoms with E-state index in [1.807, 2.05) is 12.2 Å². The Morgan fingerprint density at radius 3 is 1.45 bits per heavy atom. The Labute approximate surface area is 361 Å². The molecule has 0 radical (unpaired) electrons. The summed E-state index contributed by atoms with van der Waals surface area (Å²) in [5, 5.41) is 21.8. The summed E-state index contributed by atoms with van der Waals surface area (Å²) in [6.45, 7) is 2.35.